The van der Waals surface area contributed by atoms with Gasteiger partial charge in [-0.3, -0.25) is 4.79 Å². The van der Waals surface area contributed by atoms with Crippen LogP contribution >= 0.6 is 0 Å². The fraction of sp³-hybridized carbons (Fsp3) is 0.440. The quantitative estimate of drug-likeness (QED) is 0.815. The fourth-order valence-electron chi connectivity index (χ4n) is 4.45. The van der Waals surface area contributed by atoms with Gasteiger partial charge in [-0.05, 0) is 61.3 Å². The zero-order valence-electron chi connectivity index (χ0n) is 17.6. The number of rotatable bonds is 5. The first kappa shape index (κ1) is 20.5. The summed E-state index contributed by atoms with van der Waals surface area (Å²) in [5.41, 5.74) is 3.19. The number of nitrogens with zero attached hydrogens (tertiary/aromatic N) is 2. The molecule has 2 fully saturated rings. The van der Waals surface area contributed by atoms with E-state index in [1.807, 2.05) is 52.3 Å². The minimum Gasteiger partial charge on any atom is -0.339 e. The molecule has 0 spiro atoms. The SMILES string of the molecule is O=C(NCc1ccccc1)N1CCC(Cc2ccc(C(=O)N3CCCC3)cc2)CC1. The lowest BCUT2D eigenvalue weighted by molar-refractivity contribution is 0.0793. The molecule has 0 saturated carbocycles. The lowest BCUT2D eigenvalue weighted by Gasteiger charge is -2.32. The predicted octanol–water partition coefficient (Wildman–Crippen LogP) is 4.09. The van der Waals surface area contributed by atoms with Gasteiger partial charge in [0.2, 0.25) is 0 Å². The van der Waals surface area contributed by atoms with E-state index in [9.17, 15) is 9.59 Å². The molecule has 2 aliphatic rings. The Labute approximate surface area is 179 Å². The molecule has 0 unspecified atom stereocenters. The molecular weight excluding hydrogens is 374 g/mol. The van der Waals surface area contributed by atoms with Gasteiger partial charge in [0.25, 0.3) is 5.91 Å². The normalized spacial score (nSPS) is 17.2. The summed E-state index contributed by atoms with van der Waals surface area (Å²) in [6.45, 7) is 3.95. The third-order valence-corrected chi connectivity index (χ3v) is 6.31. The van der Waals surface area contributed by atoms with Crippen LogP contribution in [0.25, 0.3) is 0 Å². The van der Waals surface area contributed by atoms with Crippen molar-refractivity contribution in [1.82, 2.24) is 15.1 Å². The van der Waals surface area contributed by atoms with Crippen LogP contribution in [-0.2, 0) is 13.0 Å². The van der Waals surface area contributed by atoms with Gasteiger partial charge in [0.1, 0.15) is 0 Å². The van der Waals surface area contributed by atoms with Crippen LogP contribution in [-0.4, -0.2) is 47.9 Å². The van der Waals surface area contributed by atoms with Crippen molar-refractivity contribution in [3.05, 3.63) is 71.3 Å². The Balaban J connectivity index is 1.21. The van der Waals surface area contributed by atoms with E-state index in [4.69, 9.17) is 0 Å². The molecule has 3 amide bonds. The summed E-state index contributed by atoms with van der Waals surface area (Å²) in [5.74, 6) is 0.747. The van der Waals surface area contributed by atoms with Crippen molar-refractivity contribution < 1.29 is 9.59 Å². The van der Waals surface area contributed by atoms with Gasteiger partial charge in [-0.25, -0.2) is 4.79 Å². The summed E-state index contributed by atoms with van der Waals surface area (Å²) >= 11 is 0. The van der Waals surface area contributed by atoms with Crippen LogP contribution in [0.2, 0.25) is 0 Å². The molecule has 2 heterocycles. The molecule has 0 aromatic heterocycles. The summed E-state index contributed by atoms with van der Waals surface area (Å²) < 4.78 is 0. The molecule has 2 saturated heterocycles. The molecule has 5 heteroatoms. The van der Waals surface area contributed by atoms with E-state index >= 15 is 0 Å². The molecule has 0 atom stereocenters. The van der Waals surface area contributed by atoms with Gasteiger partial charge in [-0.1, -0.05) is 42.5 Å². The molecule has 2 aromatic rings. The highest BCUT2D eigenvalue weighted by atomic mass is 16.2. The number of hydrogen-bond donors (Lipinski definition) is 1. The van der Waals surface area contributed by atoms with Gasteiger partial charge in [0, 0.05) is 38.3 Å². The van der Waals surface area contributed by atoms with E-state index in [2.05, 4.69) is 17.4 Å². The van der Waals surface area contributed by atoms with Gasteiger partial charge in [0.15, 0.2) is 0 Å². The Kier molecular flexibility index (Phi) is 6.67. The molecule has 2 aliphatic heterocycles. The zero-order valence-corrected chi connectivity index (χ0v) is 17.6. The Morgan fingerprint density at radius 3 is 2.13 bits per heavy atom. The maximum Gasteiger partial charge on any atom is 0.317 e. The lowest BCUT2D eigenvalue weighted by Crippen LogP contribution is -2.44. The van der Waals surface area contributed by atoms with E-state index in [1.165, 1.54) is 5.56 Å². The molecule has 5 nitrogen and oxygen atoms in total. The third kappa shape index (κ3) is 5.21. The first-order chi connectivity index (χ1) is 14.7. The minimum absolute atomic E-state index is 0.0297. The fourth-order valence-corrected chi connectivity index (χ4v) is 4.45. The Hall–Kier alpha value is -2.82. The highest BCUT2D eigenvalue weighted by molar-refractivity contribution is 5.94. The maximum atomic E-state index is 12.5. The number of amides is 3. The highest BCUT2D eigenvalue weighted by Gasteiger charge is 2.23. The van der Waals surface area contributed by atoms with Crippen molar-refractivity contribution in [1.29, 1.82) is 0 Å². The monoisotopic (exact) mass is 405 g/mol. The van der Waals surface area contributed by atoms with Crippen LogP contribution in [0, 0.1) is 5.92 Å². The molecule has 4 rings (SSSR count). The molecule has 158 valence electrons. The molecule has 0 bridgehead atoms. The summed E-state index contributed by atoms with van der Waals surface area (Å²) in [4.78, 5) is 28.8. The first-order valence-electron chi connectivity index (χ1n) is 11.1. The van der Waals surface area contributed by atoms with Crippen molar-refractivity contribution in [2.75, 3.05) is 26.2 Å². The topological polar surface area (TPSA) is 52.7 Å². The predicted molar refractivity (Wildman–Crippen MR) is 118 cm³/mol. The van der Waals surface area contributed by atoms with E-state index in [0.717, 1.165) is 69.4 Å². The number of carbonyl (C=O) groups excluding carboxylic acids is 2. The average molecular weight is 406 g/mol. The van der Waals surface area contributed by atoms with Crippen molar-refractivity contribution >= 4 is 11.9 Å². The number of nitrogens with one attached hydrogen (secondary N) is 1. The van der Waals surface area contributed by atoms with Crippen LogP contribution in [0.3, 0.4) is 0 Å². The van der Waals surface area contributed by atoms with Crippen LogP contribution in [0.15, 0.2) is 54.6 Å². The Morgan fingerprint density at radius 1 is 0.800 bits per heavy atom. The van der Waals surface area contributed by atoms with Crippen LogP contribution < -0.4 is 5.32 Å². The molecule has 30 heavy (non-hydrogen) atoms. The molecular formula is C25H31N3O2. The number of piperidine rings is 1. The average Bonchev–Trinajstić information content (AvgIpc) is 3.34. The molecule has 0 radical (unpaired) electrons. The summed E-state index contributed by atoms with van der Waals surface area (Å²) in [6.07, 6.45) is 5.29. The Morgan fingerprint density at radius 2 is 1.47 bits per heavy atom. The second-order valence-electron chi connectivity index (χ2n) is 8.48. The smallest absolute Gasteiger partial charge is 0.317 e. The number of likely N-dealkylation sites (tertiary alicyclic amines) is 2. The summed E-state index contributed by atoms with van der Waals surface area (Å²) in [7, 11) is 0. The van der Waals surface area contributed by atoms with Crippen LogP contribution in [0.5, 0.6) is 0 Å². The van der Waals surface area contributed by atoms with Gasteiger partial charge < -0.3 is 15.1 Å². The number of benzene rings is 2. The standard InChI is InChI=1S/C25H31N3O2/c29-24(27-14-4-5-15-27)23-10-8-20(9-11-23)18-21-12-16-28(17-13-21)25(30)26-19-22-6-2-1-3-7-22/h1-3,6-11,21H,4-5,12-19H2,(H,26,30). The number of hydrogen-bond acceptors (Lipinski definition) is 2. The van der Waals surface area contributed by atoms with Gasteiger partial charge in [-0.2, -0.15) is 0 Å². The number of urea groups is 1. The van der Waals surface area contributed by atoms with Gasteiger partial charge in [-0.15, -0.1) is 0 Å². The van der Waals surface area contributed by atoms with E-state index in [0.29, 0.717) is 12.5 Å². The van der Waals surface area contributed by atoms with Crippen molar-refractivity contribution in [2.45, 2.75) is 38.6 Å². The van der Waals surface area contributed by atoms with Crippen LogP contribution in [0.1, 0.15) is 47.2 Å². The van der Waals surface area contributed by atoms with Gasteiger partial charge in [0.05, 0.1) is 0 Å². The number of carbonyl (C=O) groups is 2. The largest absolute Gasteiger partial charge is 0.339 e. The van der Waals surface area contributed by atoms with Crippen molar-refractivity contribution in [3.8, 4) is 0 Å². The zero-order chi connectivity index (χ0) is 20.8. The van der Waals surface area contributed by atoms with E-state index in [1.54, 1.807) is 0 Å². The van der Waals surface area contributed by atoms with Gasteiger partial charge >= 0.3 is 6.03 Å². The third-order valence-electron chi connectivity index (χ3n) is 6.31. The summed E-state index contributed by atoms with van der Waals surface area (Å²) in [6, 6.07) is 18.2. The summed E-state index contributed by atoms with van der Waals surface area (Å²) in [5, 5.41) is 3.02. The molecule has 0 aliphatic carbocycles. The first-order valence-corrected chi connectivity index (χ1v) is 11.1. The molecule has 2 aromatic carbocycles. The van der Waals surface area contributed by atoms with E-state index in [-0.39, 0.29) is 11.9 Å². The Bertz CT molecular complexity index is 836. The maximum absolute atomic E-state index is 12.5. The second kappa shape index (κ2) is 9.79. The lowest BCUT2D eigenvalue weighted by atomic mass is 9.90. The van der Waals surface area contributed by atoms with Crippen LogP contribution in [0.4, 0.5) is 4.79 Å². The van der Waals surface area contributed by atoms with Crippen molar-refractivity contribution in [2.24, 2.45) is 5.92 Å². The van der Waals surface area contributed by atoms with E-state index < -0.39 is 0 Å². The minimum atomic E-state index is 0.0297. The second-order valence-corrected chi connectivity index (χ2v) is 8.48. The van der Waals surface area contributed by atoms with Crippen molar-refractivity contribution in [3.63, 3.8) is 0 Å². The highest BCUT2D eigenvalue weighted by Crippen LogP contribution is 2.22. The molecule has 1 N–H and O–H groups in total.